The van der Waals surface area contributed by atoms with Gasteiger partial charge in [0.1, 0.15) is 5.82 Å². The number of nitrogens with one attached hydrogen (secondary N) is 2. The number of rotatable bonds is 14. The van der Waals surface area contributed by atoms with Crippen molar-refractivity contribution in [1.29, 1.82) is 0 Å². The maximum Gasteiger partial charge on any atom is 0.131 e. The monoisotopic (exact) mass is 512 g/mol. The van der Waals surface area contributed by atoms with Crippen LogP contribution in [0.5, 0.6) is 0 Å². The minimum atomic E-state index is -0.168. The zero-order valence-corrected chi connectivity index (χ0v) is 23.5. The third kappa shape index (κ3) is 11.6. The molecule has 3 aromatic rings. The lowest BCUT2D eigenvalue weighted by Crippen LogP contribution is -2.26. The van der Waals surface area contributed by atoms with Gasteiger partial charge in [-0.1, -0.05) is 113 Å². The first-order valence-electron chi connectivity index (χ1n) is 13.6. The van der Waals surface area contributed by atoms with Crippen molar-refractivity contribution in [3.63, 3.8) is 0 Å². The average molecular weight is 513 g/mol. The summed E-state index contributed by atoms with van der Waals surface area (Å²) in [6.45, 7) is 20.2. The van der Waals surface area contributed by atoms with Crippen molar-refractivity contribution in [2.24, 2.45) is 11.8 Å². The largest absolute Gasteiger partial charge is 0.383 e. The van der Waals surface area contributed by atoms with Gasteiger partial charge in [-0.05, 0) is 54.4 Å². The highest BCUT2D eigenvalue weighted by atomic mass is 19.1. The van der Waals surface area contributed by atoms with Crippen molar-refractivity contribution in [1.82, 2.24) is 10.6 Å². The van der Waals surface area contributed by atoms with Crippen LogP contribution in [0.1, 0.15) is 51.2 Å². The van der Waals surface area contributed by atoms with Gasteiger partial charge in [0.05, 0.1) is 6.54 Å². The summed E-state index contributed by atoms with van der Waals surface area (Å²) >= 11 is 0. The molecule has 0 amide bonds. The van der Waals surface area contributed by atoms with Gasteiger partial charge in [-0.25, -0.2) is 4.39 Å². The van der Waals surface area contributed by atoms with Crippen LogP contribution in [-0.4, -0.2) is 6.54 Å². The zero-order chi connectivity index (χ0) is 27.8. The Hall–Kier alpha value is -3.59. The summed E-state index contributed by atoms with van der Waals surface area (Å²) in [7, 11) is 0. The van der Waals surface area contributed by atoms with Crippen LogP contribution in [0, 0.1) is 17.7 Å². The Labute approximate surface area is 230 Å². The first kappa shape index (κ1) is 30.6. The fourth-order valence-electron chi connectivity index (χ4n) is 4.00. The van der Waals surface area contributed by atoms with Crippen LogP contribution < -0.4 is 10.6 Å². The van der Waals surface area contributed by atoms with E-state index in [4.69, 9.17) is 0 Å². The van der Waals surface area contributed by atoms with E-state index in [1.54, 1.807) is 6.07 Å². The van der Waals surface area contributed by atoms with Crippen LogP contribution >= 0.6 is 0 Å². The fraction of sp³-hybridized carbons (Fsp3) is 0.314. The molecule has 0 saturated carbocycles. The molecule has 202 valence electrons. The molecule has 1 atom stereocenters. The van der Waals surface area contributed by atoms with E-state index < -0.39 is 0 Å². The first-order valence-corrected chi connectivity index (χ1v) is 13.6. The highest BCUT2D eigenvalue weighted by molar-refractivity contribution is 5.64. The smallest absolute Gasteiger partial charge is 0.131 e. The van der Waals surface area contributed by atoms with Crippen molar-refractivity contribution in [2.75, 3.05) is 6.54 Å². The Kier molecular flexibility index (Phi) is 13.7. The number of aryl methyl sites for hydroxylation is 1. The van der Waals surface area contributed by atoms with Crippen LogP contribution in [0.2, 0.25) is 0 Å². The van der Waals surface area contributed by atoms with E-state index in [9.17, 15) is 4.39 Å². The van der Waals surface area contributed by atoms with Gasteiger partial charge in [0.15, 0.2) is 0 Å². The van der Waals surface area contributed by atoms with Gasteiger partial charge >= 0.3 is 0 Å². The molecule has 0 aromatic heterocycles. The molecule has 3 heteroatoms. The van der Waals surface area contributed by atoms with Gasteiger partial charge in [-0.2, -0.15) is 0 Å². The van der Waals surface area contributed by atoms with Crippen molar-refractivity contribution < 1.29 is 4.39 Å². The maximum atomic E-state index is 14.7. The third-order valence-corrected chi connectivity index (χ3v) is 5.99. The highest BCUT2D eigenvalue weighted by Crippen LogP contribution is 2.25. The molecule has 3 aromatic carbocycles. The second-order valence-corrected chi connectivity index (χ2v) is 10.3. The summed E-state index contributed by atoms with van der Waals surface area (Å²) in [5.41, 5.74) is 5.71. The van der Waals surface area contributed by atoms with Crippen molar-refractivity contribution in [3.05, 3.63) is 133 Å². The molecule has 38 heavy (non-hydrogen) atoms. The van der Waals surface area contributed by atoms with Gasteiger partial charge in [0.25, 0.3) is 0 Å². The van der Waals surface area contributed by atoms with E-state index in [1.165, 1.54) is 5.56 Å². The van der Waals surface area contributed by atoms with Crippen LogP contribution in [-0.2, 0) is 13.0 Å². The summed E-state index contributed by atoms with van der Waals surface area (Å²) in [6.07, 6.45) is 5.55. The molecule has 0 spiro atoms. The molecule has 2 N–H and O–H groups in total. The second kappa shape index (κ2) is 17.0. The number of hydrogen-bond acceptors (Lipinski definition) is 2. The van der Waals surface area contributed by atoms with Gasteiger partial charge < -0.3 is 10.6 Å². The van der Waals surface area contributed by atoms with Gasteiger partial charge in [-0.15, -0.1) is 6.58 Å². The van der Waals surface area contributed by atoms with Crippen molar-refractivity contribution in [3.8, 4) is 11.1 Å². The average Bonchev–Trinajstić information content (AvgIpc) is 2.91. The maximum absolute atomic E-state index is 14.7. The minimum Gasteiger partial charge on any atom is -0.383 e. The summed E-state index contributed by atoms with van der Waals surface area (Å²) < 4.78 is 14.7. The van der Waals surface area contributed by atoms with Gasteiger partial charge in [0, 0.05) is 29.4 Å². The van der Waals surface area contributed by atoms with E-state index in [-0.39, 0.29) is 11.7 Å². The van der Waals surface area contributed by atoms with E-state index in [0.717, 1.165) is 60.7 Å². The molecule has 0 radical (unpaired) electrons. The molecule has 0 fully saturated rings. The Morgan fingerprint density at radius 2 is 1.50 bits per heavy atom. The summed E-state index contributed by atoms with van der Waals surface area (Å²) in [5, 5.41) is 6.78. The molecular weight excluding hydrogens is 467 g/mol. The SMILES string of the molecule is C=CCC(CCCc1ccc(-c2ccccc2)c(F)c1)C(=C)NCC(=C)NCc1ccccc1.CC(C)C. The lowest BCUT2D eigenvalue weighted by molar-refractivity contribution is 0.508. The molecular formula is C35H45FN2. The van der Waals surface area contributed by atoms with Gasteiger partial charge in [0.2, 0.25) is 0 Å². The predicted molar refractivity (Wildman–Crippen MR) is 163 cm³/mol. The summed E-state index contributed by atoms with van der Waals surface area (Å²) in [4.78, 5) is 0. The number of halogens is 1. The van der Waals surface area contributed by atoms with Crippen LogP contribution in [0.4, 0.5) is 4.39 Å². The summed E-state index contributed by atoms with van der Waals surface area (Å²) in [6, 6.07) is 25.5. The molecule has 2 nitrogen and oxygen atoms in total. The Balaban J connectivity index is 0.00000118. The molecule has 3 rings (SSSR count). The van der Waals surface area contributed by atoms with Gasteiger partial charge in [-0.3, -0.25) is 0 Å². The van der Waals surface area contributed by atoms with Crippen LogP contribution in [0.25, 0.3) is 11.1 Å². The molecule has 1 unspecified atom stereocenters. The second-order valence-electron chi connectivity index (χ2n) is 10.3. The summed E-state index contributed by atoms with van der Waals surface area (Å²) in [5.74, 6) is 0.951. The van der Waals surface area contributed by atoms with Crippen molar-refractivity contribution in [2.45, 2.75) is 53.0 Å². The Morgan fingerprint density at radius 1 is 0.868 bits per heavy atom. The highest BCUT2D eigenvalue weighted by Gasteiger charge is 2.12. The molecule has 0 heterocycles. The molecule has 0 aliphatic carbocycles. The lowest BCUT2D eigenvalue weighted by atomic mass is 9.93. The Morgan fingerprint density at radius 3 is 2.11 bits per heavy atom. The minimum absolute atomic E-state index is 0.168. The molecule has 0 saturated heterocycles. The van der Waals surface area contributed by atoms with E-state index >= 15 is 0 Å². The topological polar surface area (TPSA) is 24.1 Å². The van der Waals surface area contributed by atoms with E-state index in [0.29, 0.717) is 12.1 Å². The fourth-order valence-corrected chi connectivity index (χ4v) is 4.00. The quantitative estimate of drug-likeness (QED) is 0.211. The van der Waals surface area contributed by atoms with Crippen molar-refractivity contribution >= 4 is 0 Å². The molecule has 0 aliphatic heterocycles. The predicted octanol–water partition coefficient (Wildman–Crippen LogP) is 9.08. The van der Waals surface area contributed by atoms with E-state index in [2.05, 4.69) is 63.3 Å². The standard InChI is InChI=1S/C31H35FN2.C4H10/c1-4-12-28(25(3)34-22-24(2)33-23-27-13-7-5-8-14-27)18-11-15-26-19-20-30(31(32)21-26)29-16-9-6-10-17-29;1-4(2)3/h4-10,13-14,16-17,19-21,28,33-34H,1-3,11-12,15,18,22-23H2;4H,1-3H3. The normalized spacial score (nSPS) is 11.2. The Bertz CT molecular complexity index is 1120. The van der Waals surface area contributed by atoms with Crippen LogP contribution in [0.15, 0.2) is 116 Å². The third-order valence-electron chi connectivity index (χ3n) is 5.99. The first-order chi connectivity index (χ1) is 18.3. The molecule has 0 bridgehead atoms. The van der Waals surface area contributed by atoms with Crippen LogP contribution in [0.3, 0.4) is 0 Å². The lowest BCUT2D eigenvalue weighted by Gasteiger charge is -2.21. The van der Waals surface area contributed by atoms with E-state index in [1.807, 2.05) is 66.7 Å². The number of benzene rings is 3. The number of hydrogen-bond donors (Lipinski definition) is 2. The number of allylic oxidation sites excluding steroid dienone is 2. The zero-order valence-electron chi connectivity index (χ0n) is 23.5. The molecule has 0 aliphatic rings.